The Balaban J connectivity index is 0.00000480. The predicted molar refractivity (Wildman–Crippen MR) is 136 cm³/mol. The molecule has 0 spiro atoms. The van der Waals surface area contributed by atoms with Crippen molar-refractivity contribution in [2.24, 2.45) is 4.99 Å². The predicted octanol–water partition coefficient (Wildman–Crippen LogP) is 2.27. The van der Waals surface area contributed by atoms with Crippen LogP contribution in [0.25, 0.3) is 0 Å². The fraction of sp³-hybridized carbons (Fsp3) is 0.619. The standard InChI is InChI=1S/C21H34FN5O2S.HI/c1-26(2)20(28)17-25-21(23-9-3-11-27-12-14-29-15-13-27)24-10-4-16-30-19-7-5-18(22)6-8-19;/h5-8H,3-4,9-17H2,1-2H3,(H2,23,24,25);1H. The minimum absolute atomic E-state index is 0. The SMILES string of the molecule is CN(C)C(=O)CN=C(NCCCSc1ccc(F)cc1)NCCCN1CCOCC1.I. The summed E-state index contributed by atoms with van der Waals surface area (Å²) in [4.78, 5) is 21.3. The zero-order chi connectivity index (χ0) is 21.6. The third-order valence-electron chi connectivity index (χ3n) is 4.61. The number of aliphatic imine (C=N–C) groups is 1. The van der Waals surface area contributed by atoms with Gasteiger partial charge in [-0.3, -0.25) is 9.69 Å². The van der Waals surface area contributed by atoms with E-state index in [4.69, 9.17) is 4.74 Å². The van der Waals surface area contributed by atoms with Crippen molar-refractivity contribution in [1.29, 1.82) is 0 Å². The molecule has 1 aromatic rings. The number of thioether (sulfide) groups is 1. The largest absolute Gasteiger partial charge is 0.379 e. The van der Waals surface area contributed by atoms with Gasteiger partial charge in [0, 0.05) is 45.2 Å². The van der Waals surface area contributed by atoms with Gasteiger partial charge in [-0.25, -0.2) is 9.38 Å². The molecule has 2 N–H and O–H groups in total. The van der Waals surface area contributed by atoms with Crippen molar-refractivity contribution in [2.45, 2.75) is 17.7 Å². The van der Waals surface area contributed by atoms with E-state index in [1.165, 1.54) is 12.1 Å². The fourth-order valence-electron chi connectivity index (χ4n) is 2.80. The third-order valence-corrected chi connectivity index (χ3v) is 5.71. The molecule has 1 aliphatic rings. The van der Waals surface area contributed by atoms with Crippen LogP contribution in [0.2, 0.25) is 0 Å². The smallest absolute Gasteiger partial charge is 0.243 e. The molecule has 1 amide bonds. The lowest BCUT2D eigenvalue weighted by molar-refractivity contribution is -0.127. The van der Waals surface area contributed by atoms with E-state index in [0.29, 0.717) is 5.96 Å². The number of ether oxygens (including phenoxy) is 1. The Morgan fingerprint density at radius 2 is 1.81 bits per heavy atom. The number of nitrogens with zero attached hydrogens (tertiary/aromatic N) is 3. The molecule has 0 unspecified atom stereocenters. The molecule has 176 valence electrons. The lowest BCUT2D eigenvalue weighted by Gasteiger charge is -2.26. The van der Waals surface area contributed by atoms with Crippen LogP contribution < -0.4 is 10.6 Å². The molecule has 0 radical (unpaired) electrons. The molecule has 0 atom stereocenters. The number of halogens is 2. The van der Waals surface area contributed by atoms with Gasteiger partial charge in [0.2, 0.25) is 5.91 Å². The highest BCUT2D eigenvalue weighted by atomic mass is 127. The molecule has 2 rings (SSSR count). The van der Waals surface area contributed by atoms with E-state index in [0.717, 1.165) is 69.4 Å². The molecule has 0 bridgehead atoms. The maximum atomic E-state index is 13.0. The number of guanidine groups is 1. The lowest BCUT2D eigenvalue weighted by Crippen LogP contribution is -2.41. The number of morpholine rings is 1. The number of amides is 1. The molecule has 1 fully saturated rings. The van der Waals surface area contributed by atoms with Crippen LogP contribution in [0.4, 0.5) is 4.39 Å². The first-order chi connectivity index (χ1) is 14.5. The molecule has 0 aliphatic carbocycles. The first kappa shape index (κ1) is 27.9. The molecule has 1 saturated heterocycles. The minimum Gasteiger partial charge on any atom is -0.379 e. The van der Waals surface area contributed by atoms with Crippen molar-refractivity contribution >= 4 is 47.6 Å². The molecular formula is C21H35FIN5O2S. The van der Waals surface area contributed by atoms with Crippen molar-refractivity contribution in [1.82, 2.24) is 20.4 Å². The van der Waals surface area contributed by atoms with E-state index in [9.17, 15) is 9.18 Å². The molecule has 7 nitrogen and oxygen atoms in total. The van der Waals surface area contributed by atoms with Gasteiger partial charge in [0.15, 0.2) is 5.96 Å². The number of hydrogen-bond acceptors (Lipinski definition) is 5. The number of likely N-dealkylation sites (N-methyl/N-ethyl adjacent to an activating group) is 1. The highest BCUT2D eigenvalue weighted by Crippen LogP contribution is 2.18. The van der Waals surface area contributed by atoms with Gasteiger partial charge < -0.3 is 20.3 Å². The van der Waals surface area contributed by atoms with Gasteiger partial charge in [-0.05, 0) is 49.4 Å². The Kier molecular flexibility index (Phi) is 14.9. The molecule has 1 aliphatic heterocycles. The fourth-order valence-corrected chi connectivity index (χ4v) is 3.65. The van der Waals surface area contributed by atoms with E-state index in [1.54, 1.807) is 42.9 Å². The number of nitrogens with one attached hydrogen (secondary N) is 2. The third kappa shape index (κ3) is 12.5. The van der Waals surface area contributed by atoms with Crippen molar-refractivity contribution in [3.05, 3.63) is 30.1 Å². The number of hydrogen-bond donors (Lipinski definition) is 2. The number of carbonyl (C=O) groups excluding carboxylic acids is 1. The zero-order valence-corrected chi connectivity index (χ0v) is 21.6. The van der Waals surface area contributed by atoms with Crippen molar-refractivity contribution in [3.63, 3.8) is 0 Å². The highest BCUT2D eigenvalue weighted by molar-refractivity contribution is 14.0. The molecule has 0 aromatic heterocycles. The van der Waals surface area contributed by atoms with Crippen LogP contribution in [0.3, 0.4) is 0 Å². The average molecular weight is 568 g/mol. The summed E-state index contributed by atoms with van der Waals surface area (Å²) < 4.78 is 18.3. The maximum absolute atomic E-state index is 13.0. The minimum atomic E-state index is -0.214. The molecular weight excluding hydrogens is 532 g/mol. The molecule has 0 saturated carbocycles. The summed E-state index contributed by atoms with van der Waals surface area (Å²) in [5, 5.41) is 6.64. The Hall–Kier alpha value is -1.11. The average Bonchev–Trinajstić information content (AvgIpc) is 2.75. The normalized spacial score (nSPS) is 14.6. The van der Waals surface area contributed by atoms with Crippen molar-refractivity contribution in [2.75, 3.05) is 72.3 Å². The Morgan fingerprint density at radius 1 is 1.16 bits per heavy atom. The van der Waals surface area contributed by atoms with E-state index in [-0.39, 0.29) is 42.2 Å². The highest BCUT2D eigenvalue weighted by Gasteiger charge is 2.09. The van der Waals surface area contributed by atoms with Crippen molar-refractivity contribution < 1.29 is 13.9 Å². The van der Waals surface area contributed by atoms with E-state index >= 15 is 0 Å². The van der Waals surface area contributed by atoms with Crippen LogP contribution >= 0.6 is 35.7 Å². The second-order valence-corrected chi connectivity index (χ2v) is 8.44. The van der Waals surface area contributed by atoms with Crippen LogP contribution in [0.1, 0.15) is 12.8 Å². The summed E-state index contributed by atoms with van der Waals surface area (Å²) >= 11 is 1.70. The van der Waals surface area contributed by atoms with E-state index < -0.39 is 0 Å². The summed E-state index contributed by atoms with van der Waals surface area (Å²) in [6, 6.07) is 6.55. The Bertz CT molecular complexity index is 658. The Morgan fingerprint density at radius 3 is 2.45 bits per heavy atom. The second kappa shape index (κ2) is 16.5. The Labute approximate surface area is 206 Å². The van der Waals surface area contributed by atoms with Gasteiger partial charge in [0.05, 0.1) is 13.2 Å². The van der Waals surface area contributed by atoms with E-state index in [1.807, 2.05) is 0 Å². The maximum Gasteiger partial charge on any atom is 0.243 e. The topological polar surface area (TPSA) is 69.2 Å². The summed E-state index contributed by atoms with van der Waals surface area (Å²) in [6.45, 7) is 6.28. The zero-order valence-electron chi connectivity index (χ0n) is 18.4. The van der Waals surface area contributed by atoms with Crippen LogP contribution in [-0.2, 0) is 9.53 Å². The number of carbonyl (C=O) groups is 1. The van der Waals surface area contributed by atoms with Crippen LogP contribution in [0, 0.1) is 5.82 Å². The van der Waals surface area contributed by atoms with Crippen LogP contribution in [0.5, 0.6) is 0 Å². The van der Waals surface area contributed by atoms with Gasteiger partial charge in [-0.2, -0.15) is 0 Å². The van der Waals surface area contributed by atoms with Crippen LogP contribution in [0.15, 0.2) is 34.2 Å². The molecule has 1 aromatic carbocycles. The van der Waals surface area contributed by atoms with E-state index in [2.05, 4.69) is 20.5 Å². The number of benzene rings is 1. The molecule has 1 heterocycles. The van der Waals surface area contributed by atoms with Gasteiger partial charge in [0.1, 0.15) is 12.4 Å². The second-order valence-electron chi connectivity index (χ2n) is 7.27. The summed E-state index contributed by atoms with van der Waals surface area (Å²) in [5.74, 6) is 1.34. The molecule has 31 heavy (non-hydrogen) atoms. The number of rotatable bonds is 11. The van der Waals surface area contributed by atoms with Gasteiger partial charge in [0.25, 0.3) is 0 Å². The summed E-state index contributed by atoms with van der Waals surface area (Å²) in [5.41, 5.74) is 0. The summed E-state index contributed by atoms with van der Waals surface area (Å²) in [6.07, 6.45) is 1.93. The van der Waals surface area contributed by atoms with Gasteiger partial charge in [-0.1, -0.05) is 0 Å². The van der Waals surface area contributed by atoms with Crippen molar-refractivity contribution in [3.8, 4) is 0 Å². The first-order valence-corrected chi connectivity index (χ1v) is 11.4. The van der Waals surface area contributed by atoms with Gasteiger partial charge in [-0.15, -0.1) is 35.7 Å². The monoisotopic (exact) mass is 567 g/mol. The van der Waals surface area contributed by atoms with Crippen LogP contribution in [-0.4, -0.2) is 94.0 Å². The first-order valence-electron chi connectivity index (χ1n) is 10.5. The van der Waals surface area contributed by atoms with Gasteiger partial charge >= 0.3 is 0 Å². The molecule has 10 heteroatoms. The summed E-state index contributed by atoms with van der Waals surface area (Å²) in [7, 11) is 3.46. The quantitative estimate of drug-likeness (QED) is 0.141. The lowest BCUT2D eigenvalue weighted by atomic mass is 10.3.